The Morgan fingerprint density at radius 2 is 1.81 bits per heavy atom. The van der Waals surface area contributed by atoms with E-state index in [1.165, 1.54) is 22.9 Å². The molecular weight excluding hydrogens is 445 g/mol. The monoisotopic (exact) mass is 462 g/mol. The highest BCUT2D eigenvalue weighted by atomic mass is 35.5. The van der Waals surface area contributed by atoms with Gasteiger partial charge in [0.05, 0.1) is 12.1 Å². The van der Waals surface area contributed by atoms with Crippen LogP contribution in [0.3, 0.4) is 0 Å². The largest absolute Gasteiger partial charge is 0.416 e. The van der Waals surface area contributed by atoms with Gasteiger partial charge in [-0.1, -0.05) is 35.9 Å². The predicted molar refractivity (Wildman–Crippen MR) is 111 cm³/mol. The summed E-state index contributed by atoms with van der Waals surface area (Å²) < 4.78 is 40.0. The number of carbonyl (C=O) groups excluding carboxylic acids is 2. The summed E-state index contributed by atoms with van der Waals surface area (Å²) in [5.41, 5.74) is 0.721. The molecule has 32 heavy (non-hydrogen) atoms. The number of amides is 2. The topological polar surface area (TPSA) is 67.2 Å². The zero-order valence-electron chi connectivity index (χ0n) is 16.7. The van der Waals surface area contributed by atoms with Gasteiger partial charge in [-0.15, -0.1) is 0 Å². The third-order valence-corrected chi connectivity index (χ3v) is 5.31. The second-order valence-electron chi connectivity index (χ2n) is 7.38. The lowest BCUT2D eigenvalue weighted by Gasteiger charge is -2.27. The minimum absolute atomic E-state index is 0.0323. The molecule has 0 fully saturated rings. The standard InChI is InChI=1S/C22H18ClF3N4O2/c23-17-6-2-4-15(10-17)13-29-7-8-30-19(21(29)32)11-18(28-30)20(31)27-12-14-3-1-5-16(9-14)22(24,25)26/h1-6,9-11H,7-8,12-13H2,(H,27,31). The van der Waals surface area contributed by atoms with Crippen LogP contribution in [0, 0.1) is 0 Å². The summed E-state index contributed by atoms with van der Waals surface area (Å²) in [5.74, 6) is -0.834. The van der Waals surface area contributed by atoms with Crippen LogP contribution < -0.4 is 5.32 Å². The Hall–Kier alpha value is -3.33. The van der Waals surface area contributed by atoms with Crippen molar-refractivity contribution in [2.24, 2.45) is 0 Å². The highest BCUT2D eigenvalue weighted by Gasteiger charge is 2.30. The van der Waals surface area contributed by atoms with E-state index in [-0.39, 0.29) is 23.8 Å². The number of fused-ring (bicyclic) bond motifs is 1. The van der Waals surface area contributed by atoms with Crippen LogP contribution in [-0.2, 0) is 25.8 Å². The van der Waals surface area contributed by atoms with Crippen molar-refractivity contribution in [3.63, 3.8) is 0 Å². The van der Waals surface area contributed by atoms with Gasteiger partial charge >= 0.3 is 6.18 Å². The highest BCUT2D eigenvalue weighted by Crippen LogP contribution is 2.29. The molecule has 2 aromatic carbocycles. The number of nitrogens with zero attached hydrogens (tertiary/aromatic N) is 3. The van der Waals surface area contributed by atoms with Crippen molar-refractivity contribution in [2.45, 2.75) is 25.8 Å². The smallest absolute Gasteiger partial charge is 0.347 e. The molecule has 10 heteroatoms. The zero-order valence-corrected chi connectivity index (χ0v) is 17.5. The molecular formula is C22H18ClF3N4O2. The Balaban J connectivity index is 1.43. The number of halogens is 4. The lowest BCUT2D eigenvalue weighted by molar-refractivity contribution is -0.137. The van der Waals surface area contributed by atoms with E-state index in [2.05, 4.69) is 10.4 Å². The van der Waals surface area contributed by atoms with Gasteiger partial charge in [-0.3, -0.25) is 14.3 Å². The fourth-order valence-electron chi connectivity index (χ4n) is 3.49. The number of hydrogen-bond acceptors (Lipinski definition) is 3. The third kappa shape index (κ3) is 4.77. The third-order valence-electron chi connectivity index (χ3n) is 5.07. The molecule has 6 nitrogen and oxygen atoms in total. The molecule has 1 aromatic heterocycles. The van der Waals surface area contributed by atoms with Crippen molar-refractivity contribution in [3.8, 4) is 0 Å². The van der Waals surface area contributed by atoms with Crippen LogP contribution in [0.15, 0.2) is 54.6 Å². The van der Waals surface area contributed by atoms with E-state index in [9.17, 15) is 22.8 Å². The van der Waals surface area contributed by atoms with Crippen LogP contribution >= 0.6 is 11.6 Å². The van der Waals surface area contributed by atoms with E-state index in [4.69, 9.17) is 11.6 Å². The Bertz CT molecular complexity index is 1180. The lowest BCUT2D eigenvalue weighted by Crippen LogP contribution is -2.39. The summed E-state index contributed by atoms with van der Waals surface area (Å²) in [7, 11) is 0. The molecule has 0 saturated carbocycles. The lowest BCUT2D eigenvalue weighted by atomic mass is 10.1. The molecule has 0 radical (unpaired) electrons. The predicted octanol–water partition coefficient (Wildman–Crippen LogP) is 4.14. The van der Waals surface area contributed by atoms with Gasteiger partial charge in [-0.25, -0.2) is 0 Å². The first kappa shape index (κ1) is 21.9. The molecule has 2 amide bonds. The molecule has 0 atom stereocenters. The van der Waals surface area contributed by atoms with Crippen molar-refractivity contribution in [2.75, 3.05) is 6.54 Å². The number of alkyl halides is 3. The van der Waals surface area contributed by atoms with Crippen LogP contribution in [-0.4, -0.2) is 33.0 Å². The molecule has 0 unspecified atom stereocenters. The molecule has 0 bridgehead atoms. The number of benzene rings is 2. The Morgan fingerprint density at radius 3 is 2.56 bits per heavy atom. The maximum atomic E-state index is 12.8. The summed E-state index contributed by atoms with van der Waals surface area (Å²) in [4.78, 5) is 27.0. The van der Waals surface area contributed by atoms with Crippen LogP contribution in [0.5, 0.6) is 0 Å². The first-order chi connectivity index (χ1) is 15.2. The molecule has 2 heterocycles. The van der Waals surface area contributed by atoms with Gasteiger partial charge in [0, 0.05) is 30.7 Å². The van der Waals surface area contributed by atoms with Crippen molar-refractivity contribution < 1.29 is 22.8 Å². The normalized spacial score (nSPS) is 13.8. The molecule has 3 aromatic rings. The van der Waals surface area contributed by atoms with Gasteiger partial charge in [0.15, 0.2) is 5.69 Å². The number of rotatable bonds is 5. The van der Waals surface area contributed by atoms with E-state index in [1.807, 2.05) is 12.1 Å². The van der Waals surface area contributed by atoms with Gasteiger partial charge in [0.1, 0.15) is 5.69 Å². The van der Waals surface area contributed by atoms with E-state index in [1.54, 1.807) is 17.0 Å². The summed E-state index contributed by atoms with van der Waals surface area (Å²) in [6, 6.07) is 13.3. The number of carbonyl (C=O) groups is 2. The second-order valence-corrected chi connectivity index (χ2v) is 7.81. The molecule has 0 aliphatic carbocycles. The van der Waals surface area contributed by atoms with Gasteiger partial charge in [0.25, 0.3) is 11.8 Å². The van der Waals surface area contributed by atoms with E-state index in [0.29, 0.717) is 30.2 Å². The first-order valence-electron chi connectivity index (χ1n) is 9.76. The SMILES string of the molecule is O=C(NCc1cccc(C(F)(F)F)c1)c1cc2n(n1)CCN(Cc1cccc(Cl)c1)C2=O. The van der Waals surface area contributed by atoms with Gasteiger partial charge < -0.3 is 10.2 Å². The molecule has 1 aliphatic rings. The fourth-order valence-corrected chi connectivity index (χ4v) is 3.70. The minimum atomic E-state index is -4.46. The summed E-state index contributed by atoms with van der Waals surface area (Å²) >= 11 is 6.01. The van der Waals surface area contributed by atoms with E-state index in [0.717, 1.165) is 17.7 Å². The summed E-state index contributed by atoms with van der Waals surface area (Å²) in [6.07, 6.45) is -4.46. The molecule has 1 N–H and O–H groups in total. The molecule has 4 rings (SSSR count). The van der Waals surface area contributed by atoms with Crippen LogP contribution in [0.1, 0.15) is 37.7 Å². The fraction of sp³-hybridized carbons (Fsp3) is 0.227. The molecule has 1 aliphatic heterocycles. The molecule has 0 saturated heterocycles. The number of nitrogens with one attached hydrogen (secondary N) is 1. The minimum Gasteiger partial charge on any atom is -0.347 e. The molecule has 0 spiro atoms. The second kappa shape index (κ2) is 8.66. The maximum Gasteiger partial charge on any atom is 0.416 e. The molecule has 166 valence electrons. The van der Waals surface area contributed by atoms with Crippen molar-refractivity contribution in [3.05, 3.63) is 87.7 Å². The van der Waals surface area contributed by atoms with Crippen LogP contribution in [0.4, 0.5) is 13.2 Å². The summed E-state index contributed by atoms with van der Waals surface area (Å²) in [6.45, 7) is 1.12. The Morgan fingerprint density at radius 1 is 1.06 bits per heavy atom. The van der Waals surface area contributed by atoms with Crippen LogP contribution in [0.2, 0.25) is 5.02 Å². The first-order valence-corrected chi connectivity index (χ1v) is 10.1. The maximum absolute atomic E-state index is 12.8. The van der Waals surface area contributed by atoms with E-state index >= 15 is 0 Å². The van der Waals surface area contributed by atoms with Gasteiger partial charge in [0.2, 0.25) is 0 Å². The Labute approximate surface area is 186 Å². The van der Waals surface area contributed by atoms with Crippen molar-refractivity contribution >= 4 is 23.4 Å². The highest BCUT2D eigenvalue weighted by molar-refractivity contribution is 6.30. The van der Waals surface area contributed by atoms with Gasteiger partial charge in [-0.2, -0.15) is 18.3 Å². The van der Waals surface area contributed by atoms with E-state index < -0.39 is 17.6 Å². The summed E-state index contributed by atoms with van der Waals surface area (Å²) in [5, 5.41) is 7.32. The van der Waals surface area contributed by atoms with Crippen LogP contribution in [0.25, 0.3) is 0 Å². The number of aromatic nitrogens is 2. The van der Waals surface area contributed by atoms with Gasteiger partial charge in [-0.05, 0) is 35.4 Å². The zero-order chi connectivity index (χ0) is 22.9. The quantitative estimate of drug-likeness (QED) is 0.619. The average Bonchev–Trinajstić information content (AvgIpc) is 3.19. The van der Waals surface area contributed by atoms with Crippen molar-refractivity contribution in [1.29, 1.82) is 0 Å². The Kier molecular flexibility index (Phi) is 5.92. The van der Waals surface area contributed by atoms with Crippen molar-refractivity contribution in [1.82, 2.24) is 20.0 Å². The average molecular weight is 463 g/mol. The number of hydrogen-bond donors (Lipinski definition) is 1.